The van der Waals surface area contributed by atoms with Crippen LogP contribution in [0.3, 0.4) is 0 Å². The van der Waals surface area contributed by atoms with E-state index in [4.69, 9.17) is 6.42 Å². The number of benzene rings is 2. The Balaban J connectivity index is -0.000000545. The number of carbonyl (C=O) groups excluding carboxylic acids is 2. The van der Waals surface area contributed by atoms with Crippen LogP contribution in [0, 0.1) is 48.1 Å². The summed E-state index contributed by atoms with van der Waals surface area (Å²) < 4.78 is 4.47. The molecule has 0 aromatic heterocycles. The highest BCUT2D eigenvalue weighted by molar-refractivity contribution is 8.37. The van der Waals surface area contributed by atoms with E-state index in [1.165, 1.54) is 34.7 Å². The highest BCUT2D eigenvalue weighted by Crippen LogP contribution is 2.24. The number of esters is 1. The largest absolute Gasteiger partial charge is 0.368 e. The van der Waals surface area contributed by atoms with Gasteiger partial charge in [-0.15, -0.1) is 6.42 Å². The summed E-state index contributed by atoms with van der Waals surface area (Å²) in [4.78, 5) is 22.1. The maximum Gasteiger partial charge on any atom is 0.344 e. The molecule has 2 aromatic rings. The minimum Gasteiger partial charge on any atom is -0.368 e. The molecule has 0 spiro atoms. The van der Waals surface area contributed by atoms with E-state index in [9.17, 15) is 9.59 Å². The summed E-state index contributed by atoms with van der Waals surface area (Å²) >= 11 is 2.75. The van der Waals surface area contributed by atoms with Crippen LogP contribution < -0.4 is 0 Å². The van der Waals surface area contributed by atoms with Gasteiger partial charge in [-0.25, -0.2) is 4.79 Å². The van der Waals surface area contributed by atoms with Gasteiger partial charge < -0.3 is 4.74 Å². The van der Waals surface area contributed by atoms with Gasteiger partial charge in [0, 0.05) is 39.6 Å². The lowest BCUT2D eigenvalue weighted by Gasteiger charge is -2.01. The molecule has 3 nitrogen and oxygen atoms in total. The Labute approximate surface area is 196 Å². The molecule has 31 heavy (non-hydrogen) atoms. The maximum absolute atomic E-state index is 11.7. The van der Waals surface area contributed by atoms with Gasteiger partial charge in [0.05, 0.1) is 0 Å². The van der Waals surface area contributed by atoms with Crippen LogP contribution >= 0.6 is 23.5 Å². The first-order chi connectivity index (χ1) is 15.2. The van der Waals surface area contributed by atoms with E-state index in [-0.39, 0.29) is 8.73 Å². The van der Waals surface area contributed by atoms with Crippen LogP contribution in [0.2, 0.25) is 0 Å². The van der Waals surface area contributed by atoms with E-state index in [2.05, 4.69) is 46.8 Å². The lowest BCUT2D eigenvalue weighted by Crippen LogP contribution is -1.91. The first-order valence-corrected chi connectivity index (χ1v) is 10.8. The number of terminal acetylenes is 1. The van der Waals surface area contributed by atoms with Crippen LogP contribution in [0.4, 0.5) is 4.79 Å². The lowest BCUT2D eigenvalue weighted by molar-refractivity contribution is -0.131. The van der Waals surface area contributed by atoms with Crippen molar-refractivity contribution in [3.63, 3.8) is 0 Å². The minimum atomic E-state index is -0.621. The van der Waals surface area contributed by atoms with Crippen LogP contribution in [0.15, 0.2) is 73.3 Å². The highest BCUT2D eigenvalue weighted by atomic mass is 32.2. The molecule has 0 atom stereocenters. The molecule has 0 aliphatic carbocycles. The predicted molar refractivity (Wildman–Crippen MR) is 136 cm³/mol. The van der Waals surface area contributed by atoms with Crippen molar-refractivity contribution < 1.29 is 18.6 Å². The van der Waals surface area contributed by atoms with Crippen LogP contribution in [0.1, 0.15) is 15.4 Å². The third-order valence-electron chi connectivity index (χ3n) is 3.09. The van der Waals surface area contributed by atoms with Crippen molar-refractivity contribution in [2.75, 3.05) is 0 Å². The molecule has 0 aliphatic heterocycles. The van der Waals surface area contributed by atoms with Gasteiger partial charge in [0.15, 0.2) is 0 Å². The van der Waals surface area contributed by atoms with Gasteiger partial charge in [-0.2, -0.15) is 0 Å². The average Bonchev–Trinajstić information content (AvgIpc) is 2.82. The molecule has 0 bridgehead atoms. The Hall–Kier alpha value is -3.74. The molecule has 0 N–H and O–H groups in total. The van der Waals surface area contributed by atoms with Gasteiger partial charge in [-0.1, -0.05) is 90.8 Å². The van der Waals surface area contributed by atoms with Crippen LogP contribution in [-0.2, 0) is 21.0 Å². The fraction of sp³-hybridized carbons (Fsp3) is 0.0769. The normalized spacial score (nSPS) is 8.10. The van der Waals surface area contributed by atoms with Gasteiger partial charge in [-0.3, -0.25) is 4.79 Å². The zero-order valence-corrected chi connectivity index (χ0v) is 18.2. The Morgan fingerprint density at radius 1 is 0.871 bits per heavy atom. The minimum absolute atomic E-state index is 0. The number of rotatable bonds is 5. The van der Waals surface area contributed by atoms with Crippen molar-refractivity contribution in [3.8, 4) is 48.1 Å². The monoisotopic (exact) mass is 448 g/mol. The molecule has 0 heterocycles. The molecule has 0 aliphatic rings. The molecule has 2 rings (SSSR count). The number of hydrogen-bond acceptors (Lipinski definition) is 5. The SMILES string of the molecule is C#CC#CC#CC#COC(=O)C=C.O=C(SCc1ccccc1)SCc1ccccc1.[HH].[HH].[HH]. The Morgan fingerprint density at radius 3 is 1.84 bits per heavy atom. The summed E-state index contributed by atoms with van der Waals surface area (Å²) in [5.41, 5.74) is 2.38. The van der Waals surface area contributed by atoms with Gasteiger partial charge in [-0.05, 0) is 28.9 Å². The third kappa shape index (κ3) is 14.0. The van der Waals surface area contributed by atoms with Crippen LogP contribution in [0.5, 0.6) is 0 Å². The highest BCUT2D eigenvalue weighted by Gasteiger charge is 2.04. The average molecular weight is 449 g/mol. The van der Waals surface area contributed by atoms with Gasteiger partial charge in [0.1, 0.15) is 6.11 Å². The zero-order chi connectivity index (χ0) is 22.6. The summed E-state index contributed by atoms with van der Waals surface area (Å²) in [5, 5.41) is 0. The molecule has 2 aromatic carbocycles. The van der Waals surface area contributed by atoms with Crippen LogP contribution in [0.25, 0.3) is 0 Å². The first-order valence-electron chi connectivity index (χ1n) is 8.82. The van der Waals surface area contributed by atoms with E-state index in [1.54, 1.807) is 0 Å². The summed E-state index contributed by atoms with van der Waals surface area (Å²) in [7, 11) is 0. The zero-order valence-electron chi connectivity index (χ0n) is 16.6. The van der Waals surface area contributed by atoms with Crippen molar-refractivity contribution in [2.24, 2.45) is 0 Å². The molecule has 0 unspecified atom stereocenters. The van der Waals surface area contributed by atoms with Gasteiger partial charge in [0.25, 0.3) is 0 Å². The van der Waals surface area contributed by atoms with Crippen molar-refractivity contribution in [3.05, 3.63) is 84.4 Å². The second kappa shape index (κ2) is 17.1. The molecule has 0 saturated carbocycles. The molecule has 0 amide bonds. The summed E-state index contributed by atoms with van der Waals surface area (Å²) in [6.07, 6.45) is 7.87. The topological polar surface area (TPSA) is 43.4 Å². The van der Waals surface area contributed by atoms with E-state index in [1.807, 2.05) is 66.8 Å². The van der Waals surface area contributed by atoms with Crippen molar-refractivity contribution >= 4 is 33.9 Å². The van der Waals surface area contributed by atoms with E-state index in [0.29, 0.717) is 0 Å². The lowest BCUT2D eigenvalue weighted by atomic mass is 10.2. The summed E-state index contributed by atoms with van der Waals surface area (Å²) in [6, 6.07) is 20.1. The molecular weight excluding hydrogens is 424 g/mol. The molecule has 0 saturated heterocycles. The van der Waals surface area contributed by atoms with Crippen molar-refractivity contribution in [2.45, 2.75) is 11.5 Å². The van der Waals surface area contributed by atoms with Gasteiger partial charge >= 0.3 is 5.97 Å². The fourth-order valence-corrected chi connectivity index (χ4v) is 3.39. The molecule has 0 radical (unpaired) electrons. The number of hydrogen-bond donors (Lipinski definition) is 0. The van der Waals surface area contributed by atoms with Crippen LogP contribution in [-0.4, -0.2) is 10.4 Å². The summed E-state index contributed by atoms with van der Waals surface area (Å²) in [6.45, 7) is 3.18. The predicted octanol–water partition coefficient (Wildman–Crippen LogP) is 6.03. The number of thioether (sulfide) groups is 2. The Bertz CT molecular complexity index is 1050. The van der Waals surface area contributed by atoms with E-state index < -0.39 is 5.97 Å². The second-order valence-corrected chi connectivity index (χ2v) is 7.45. The number of ether oxygens (including phenoxy) is 1. The Morgan fingerprint density at radius 2 is 1.35 bits per heavy atom. The van der Waals surface area contributed by atoms with E-state index in [0.717, 1.165) is 17.6 Å². The standard InChI is InChI=1S/C15H14OS2.C11H4O2.3H2/c16-15(17-11-13-7-3-1-4-8-13)18-12-14-9-5-2-6-10-14;1-3-5-6-7-8-9-10-13-11(12)4-2;;;/h1-10H,11-12H2;1,4H,2H2;3*1H. The second-order valence-electron chi connectivity index (χ2n) is 5.30. The van der Waals surface area contributed by atoms with Crippen molar-refractivity contribution in [1.82, 2.24) is 0 Å². The first kappa shape index (κ1) is 25.3. The Kier molecular flexibility index (Phi) is 14.0. The number of carbonyl (C=O) groups is 2. The molecule has 158 valence electrons. The third-order valence-corrected chi connectivity index (χ3v) is 5.22. The molecule has 0 fully saturated rings. The van der Waals surface area contributed by atoms with Gasteiger partial charge in [0.2, 0.25) is 4.45 Å². The smallest absolute Gasteiger partial charge is 0.344 e. The summed E-state index contributed by atoms with van der Waals surface area (Å²) in [5.74, 6) is 14.4. The maximum atomic E-state index is 11.7. The fourth-order valence-electron chi connectivity index (χ4n) is 1.75. The quantitative estimate of drug-likeness (QED) is 0.317. The molecular formula is C26H24O3S2. The van der Waals surface area contributed by atoms with E-state index >= 15 is 0 Å². The van der Waals surface area contributed by atoms with Crippen molar-refractivity contribution in [1.29, 1.82) is 0 Å². The molecule has 5 heteroatoms.